The molecule has 4 aromatic rings. The Kier molecular flexibility index (Phi) is 12.8. The number of benzene rings is 4. The smallest absolute Gasteiger partial charge is 0.303 e. The number of hydrogen-bond donors (Lipinski definition) is 4. The van der Waals surface area contributed by atoms with Gasteiger partial charge in [0.2, 0.25) is 11.8 Å². The number of amides is 2. The first-order valence-corrected chi connectivity index (χ1v) is 19.8. The fourth-order valence-electron chi connectivity index (χ4n) is 8.26. The molecular formula is C45H52N4O7. The fourth-order valence-corrected chi connectivity index (χ4v) is 8.26. The van der Waals surface area contributed by atoms with Gasteiger partial charge in [-0.25, -0.2) is 0 Å². The Labute approximate surface area is 328 Å². The molecule has 3 aliphatic rings. The molecule has 4 aromatic carbocycles. The highest BCUT2D eigenvalue weighted by molar-refractivity contribution is 5.93. The van der Waals surface area contributed by atoms with Gasteiger partial charge in [0.05, 0.1) is 25.5 Å². The van der Waals surface area contributed by atoms with E-state index in [1.54, 1.807) is 0 Å². The van der Waals surface area contributed by atoms with E-state index in [1.165, 1.54) is 0 Å². The Morgan fingerprint density at radius 1 is 0.821 bits per heavy atom. The van der Waals surface area contributed by atoms with Gasteiger partial charge in [-0.05, 0) is 65.6 Å². The molecule has 2 amide bonds. The molecule has 1 spiro atoms. The van der Waals surface area contributed by atoms with Crippen LogP contribution in [0.2, 0.25) is 0 Å². The number of para-hydroxylation sites is 1. The molecule has 4 N–H and O–H groups in total. The number of carboxylic acids is 1. The second-order valence-corrected chi connectivity index (χ2v) is 15.1. The maximum Gasteiger partial charge on any atom is 0.303 e. The molecule has 3 atom stereocenters. The van der Waals surface area contributed by atoms with E-state index in [4.69, 9.17) is 14.6 Å². The largest absolute Gasteiger partial charge is 0.481 e. The van der Waals surface area contributed by atoms with Crippen molar-refractivity contribution in [2.75, 3.05) is 31.2 Å². The molecule has 11 heteroatoms. The number of anilines is 1. The van der Waals surface area contributed by atoms with E-state index in [1.807, 2.05) is 72.8 Å². The molecule has 3 saturated heterocycles. The Balaban J connectivity index is 1.02. The molecule has 294 valence electrons. The molecule has 11 nitrogen and oxygen atoms in total. The van der Waals surface area contributed by atoms with Crippen LogP contribution >= 0.6 is 0 Å². The predicted octanol–water partition coefficient (Wildman–Crippen LogP) is 6.47. The summed E-state index contributed by atoms with van der Waals surface area (Å²) >= 11 is 0. The zero-order valence-electron chi connectivity index (χ0n) is 31.8. The van der Waals surface area contributed by atoms with Crippen LogP contribution < -0.4 is 15.5 Å². The molecule has 3 heterocycles. The summed E-state index contributed by atoms with van der Waals surface area (Å²) < 4.78 is 13.4. The molecule has 0 bridgehead atoms. The van der Waals surface area contributed by atoms with Crippen molar-refractivity contribution >= 4 is 23.5 Å². The van der Waals surface area contributed by atoms with Crippen molar-refractivity contribution in [2.24, 2.45) is 0 Å². The quantitative estimate of drug-likeness (QED) is 0.100. The zero-order chi connectivity index (χ0) is 38.9. The van der Waals surface area contributed by atoms with Crippen molar-refractivity contribution in [3.05, 3.63) is 125 Å². The molecule has 0 aliphatic carbocycles. The topological polar surface area (TPSA) is 141 Å². The van der Waals surface area contributed by atoms with Crippen LogP contribution in [-0.2, 0) is 37.0 Å². The maximum atomic E-state index is 13.3. The van der Waals surface area contributed by atoms with E-state index in [2.05, 4.69) is 50.8 Å². The summed E-state index contributed by atoms with van der Waals surface area (Å²) in [7, 11) is 0. The van der Waals surface area contributed by atoms with Crippen LogP contribution in [0.15, 0.2) is 103 Å². The average molecular weight is 761 g/mol. The number of likely N-dealkylation sites (tertiary alicyclic amines) is 1. The first kappa shape index (κ1) is 39.2. The summed E-state index contributed by atoms with van der Waals surface area (Å²) in [5.74, 6) is -0.752. The van der Waals surface area contributed by atoms with Crippen molar-refractivity contribution in [1.82, 2.24) is 15.5 Å². The lowest BCUT2D eigenvalue weighted by Gasteiger charge is -2.45. The number of aliphatic carboxylic acids is 1. The Morgan fingerprint density at radius 3 is 2.25 bits per heavy atom. The molecule has 0 radical (unpaired) electrons. The predicted molar refractivity (Wildman–Crippen MR) is 213 cm³/mol. The number of carboxylic acid groups (broad SMARTS) is 1. The van der Waals surface area contributed by atoms with Crippen LogP contribution in [-0.4, -0.2) is 70.8 Å². The van der Waals surface area contributed by atoms with E-state index in [-0.39, 0.29) is 37.0 Å². The highest BCUT2D eigenvalue weighted by Gasteiger charge is 2.50. The highest BCUT2D eigenvalue weighted by atomic mass is 16.7. The number of aliphatic hydroxyl groups excluding tert-OH is 1. The number of ether oxygens (including phenoxy) is 2. The number of carbonyl (C=O) groups is 3. The van der Waals surface area contributed by atoms with Gasteiger partial charge in [-0.3, -0.25) is 14.4 Å². The van der Waals surface area contributed by atoms with Crippen LogP contribution in [0.25, 0.3) is 11.1 Å². The van der Waals surface area contributed by atoms with Gasteiger partial charge < -0.3 is 40.1 Å². The molecule has 3 fully saturated rings. The van der Waals surface area contributed by atoms with Crippen molar-refractivity contribution < 1.29 is 34.1 Å². The third kappa shape index (κ3) is 9.30. The molecule has 0 unspecified atom stereocenters. The van der Waals surface area contributed by atoms with Gasteiger partial charge in [0, 0.05) is 56.7 Å². The lowest BCUT2D eigenvalue weighted by atomic mass is 9.85. The number of carbonyl (C=O) groups excluding carboxylic acids is 2. The summed E-state index contributed by atoms with van der Waals surface area (Å²) in [5.41, 5.74) is 6.33. The summed E-state index contributed by atoms with van der Waals surface area (Å²) in [5, 5.41) is 24.6. The Hall–Kier alpha value is -5.07. The summed E-state index contributed by atoms with van der Waals surface area (Å²) in [6, 6.07) is 34.3. The summed E-state index contributed by atoms with van der Waals surface area (Å²) in [4.78, 5) is 41.2. The van der Waals surface area contributed by atoms with Gasteiger partial charge in [0.15, 0.2) is 6.29 Å². The lowest BCUT2D eigenvalue weighted by Crippen LogP contribution is -2.57. The minimum absolute atomic E-state index is 0.0195. The zero-order valence-corrected chi connectivity index (χ0v) is 31.8. The molecule has 56 heavy (non-hydrogen) atoms. The molecule has 0 aromatic heterocycles. The van der Waals surface area contributed by atoms with Gasteiger partial charge in [-0.1, -0.05) is 97.4 Å². The second-order valence-electron chi connectivity index (χ2n) is 15.1. The van der Waals surface area contributed by atoms with E-state index in [0.717, 1.165) is 65.0 Å². The minimum Gasteiger partial charge on any atom is -0.481 e. The molecule has 0 saturated carbocycles. The molecular weight excluding hydrogens is 709 g/mol. The number of nitrogens with one attached hydrogen (secondary N) is 2. The van der Waals surface area contributed by atoms with E-state index < -0.39 is 17.8 Å². The summed E-state index contributed by atoms with van der Waals surface area (Å²) in [6.07, 6.45) is 3.65. The molecule has 7 rings (SSSR count). The number of hydrogen-bond acceptors (Lipinski definition) is 8. The average Bonchev–Trinajstić information content (AvgIpc) is 3.55. The number of aliphatic hydroxyl groups is 1. The van der Waals surface area contributed by atoms with Gasteiger partial charge in [0.1, 0.15) is 5.54 Å². The number of piperidine rings is 1. The van der Waals surface area contributed by atoms with Crippen LogP contribution in [0.1, 0.15) is 86.0 Å². The van der Waals surface area contributed by atoms with Crippen molar-refractivity contribution in [1.29, 1.82) is 0 Å². The second kappa shape index (κ2) is 18.3. The van der Waals surface area contributed by atoms with E-state index in [0.29, 0.717) is 51.9 Å². The highest BCUT2D eigenvalue weighted by Crippen LogP contribution is 2.40. The fraction of sp³-hybridized carbons (Fsp3) is 0.400. The van der Waals surface area contributed by atoms with Gasteiger partial charge in [-0.15, -0.1) is 0 Å². The van der Waals surface area contributed by atoms with Crippen LogP contribution in [0.4, 0.5) is 5.69 Å². The maximum absolute atomic E-state index is 13.3. The lowest BCUT2D eigenvalue weighted by molar-refractivity contribution is -0.253. The van der Waals surface area contributed by atoms with Gasteiger partial charge >= 0.3 is 5.97 Å². The number of rotatable bonds is 15. The SMILES string of the molecule is O=C(O)CCCCCC(=O)NCc1ccccc1-c1ccc([C@@H]2O[C@H](CN3CCC4(CC3)C(=O)NCN4c3ccccc3)C[C@H](c3ccc(CO)cc3)O2)cc1. The first-order valence-electron chi connectivity index (χ1n) is 19.8. The van der Waals surface area contributed by atoms with E-state index >= 15 is 0 Å². The van der Waals surface area contributed by atoms with Crippen molar-refractivity contribution in [2.45, 2.75) is 88.6 Å². The van der Waals surface area contributed by atoms with Gasteiger partial charge in [0.25, 0.3) is 0 Å². The monoisotopic (exact) mass is 760 g/mol. The first-order chi connectivity index (χ1) is 27.3. The third-order valence-corrected chi connectivity index (χ3v) is 11.4. The standard InChI is InChI=1S/C45H52N4O7/c50-30-32-15-17-34(18-16-32)40-27-38(29-48-25-23-45(24-26-48)44(54)47-31-49(45)37-10-3-1-4-11-37)55-43(56-40)35-21-19-33(20-22-35)39-12-8-7-9-36(39)28-46-41(51)13-5-2-6-14-42(52)53/h1,3-4,7-12,15-22,38,40,43,50H,2,5-6,13-14,23-31H2,(H,46,51)(H,47,54)(H,52,53)/t38-,40+,43+/m0/s1. The van der Waals surface area contributed by atoms with Crippen LogP contribution in [0.5, 0.6) is 0 Å². The molecule has 3 aliphatic heterocycles. The minimum atomic E-state index is -0.809. The Morgan fingerprint density at radius 2 is 1.52 bits per heavy atom. The van der Waals surface area contributed by atoms with Crippen molar-refractivity contribution in [3.8, 4) is 11.1 Å². The Bertz CT molecular complexity index is 1930. The van der Waals surface area contributed by atoms with Crippen molar-refractivity contribution in [3.63, 3.8) is 0 Å². The van der Waals surface area contributed by atoms with Crippen LogP contribution in [0, 0.1) is 0 Å². The van der Waals surface area contributed by atoms with Crippen LogP contribution in [0.3, 0.4) is 0 Å². The van der Waals surface area contributed by atoms with E-state index in [9.17, 15) is 19.5 Å². The normalized spacial score (nSPS) is 20.8. The third-order valence-electron chi connectivity index (χ3n) is 11.4. The number of nitrogens with zero attached hydrogens (tertiary/aromatic N) is 2. The summed E-state index contributed by atoms with van der Waals surface area (Å²) in [6.45, 7) is 3.16. The number of unbranched alkanes of at least 4 members (excludes halogenated alkanes) is 2. The van der Waals surface area contributed by atoms with Gasteiger partial charge in [-0.2, -0.15) is 0 Å².